The van der Waals surface area contributed by atoms with E-state index in [0.717, 1.165) is 12.8 Å². The number of carbonyl (C=O) groups is 3. The van der Waals surface area contributed by atoms with Crippen molar-refractivity contribution < 1.29 is 19.5 Å². The van der Waals surface area contributed by atoms with E-state index in [1.807, 2.05) is 27.7 Å². The minimum Gasteiger partial charge on any atom is -0.480 e. The summed E-state index contributed by atoms with van der Waals surface area (Å²) in [5, 5.41) is 14.8. The van der Waals surface area contributed by atoms with Crippen LogP contribution in [0.15, 0.2) is 0 Å². The summed E-state index contributed by atoms with van der Waals surface area (Å²) < 4.78 is 0. The third kappa shape index (κ3) is 7.32. The molecule has 1 saturated heterocycles. The van der Waals surface area contributed by atoms with Gasteiger partial charge in [0, 0.05) is 26.1 Å². The minimum atomic E-state index is -0.999. The molecule has 0 aromatic heterocycles. The van der Waals surface area contributed by atoms with Crippen LogP contribution in [0.1, 0.15) is 53.4 Å². The number of rotatable bonds is 8. The van der Waals surface area contributed by atoms with Crippen molar-refractivity contribution in [3.63, 3.8) is 0 Å². The number of hydrogen-bond acceptors (Lipinski definition) is 3. The predicted octanol–water partition coefficient (Wildman–Crippen LogP) is 2.07. The number of likely N-dealkylation sites (tertiary alicyclic amines) is 1. The highest BCUT2D eigenvalue weighted by molar-refractivity contribution is 5.84. The second kappa shape index (κ2) is 10.3. The molecule has 3 amide bonds. The quantitative estimate of drug-likeness (QED) is 0.621. The molecule has 1 rings (SSSR count). The van der Waals surface area contributed by atoms with E-state index in [1.54, 1.807) is 4.90 Å². The van der Waals surface area contributed by atoms with Crippen LogP contribution in [0.4, 0.5) is 4.79 Å². The molecule has 0 bridgehead atoms. The van der Waals surface area contributed by atoms with Gasteiger partial charge in [-0.15, -0.1) is 0 Å². The molecule has 7 nitrogen and oxygen atoms in total. The Labute approximate surface area is 150 Å². The maximum Gasteiger partial charge on any atom is 0.326 e. The SMILES string of the molecule is CCC(C)C(NC(=O)CC1CCCN(C(=O)NCC(C)C)C1)C(=O)O. The molecular weight excluding hydrogens is 322 g/mol. The molecule has 3 N–H and O–H groups in total. The molecule has 0 aromatic carbocycles. The van der Waals surface area contributed by atoms with E-state index < -0.39 is 12.0 Å². The first kappa shape index (κ1) is 21.3. The normalized spacial score (nSPS) is 20.0. The van der Waals surface area contributed by atoms with E-state index in [2.05, 4.69) is 10.6 Å². The molecule has 1 aliphatic heterocycles. The first-order valence-corrected chi connectivity index (χ1v) is 9.29. The lowest BCUT2D eigenvalue weighted by atomic mass is 9.93. The summed E-state index contributed by atoms with van der Waals surface area (Å²) in [6.07, 6.45) is 2.68. The van der Waals surface area contributed by atoms with Crippen LogP contribution in [-0.4, -0.2) is 53.6 Å². The van der Waals surface area contributed by atoms with Crippen molar-refractivity contribution in [2.45, 2.75) is 59.4 Å². The maximum atomic E-state index is 12.2. The smallest absolute Gasteiger partial charge is 0.326 e. The number of carbonyl (C=O) groups excluding carboxylic acids is 2. The number of nitrogens with zero attached hydrogens (tertiary/aromatic N) is 1. The summed E-state index contributed by atoms with van der Waals surface area (Å²) >= 11 is 0. The van der Waals surface area contributed by atoms with E-state index >= 15 is 0 Å². The number of carboxylic acid groups (broad SMARTS) is 1. The largest absolute Gasteiger partial charge is 0.480 e. The van der Waals surface area contributed by atoms with Gasteiger partial charge in [0.25, 0.3) is 0 Å². The van der Waals surface area contributed by atoms with Gasteiger partial charge >= 0.3 is 12.0 Å². The van der Waals surface area contributed by atoms with Crippen LogP contribution in [0, 0.1) is 17.8 Å². The number of nitrogens with one attached hydrogen (secondary N) is 2. The van der Waals surface area contributed by atoms with Crippen LogP contribution in [0.5, 0.6) is 0 Å². The van der Waals surface area contributed by atoms with Gasteiger partial charge in [0.2, 0.25) is 5.91 Å². The topological polar surface area (TPSA) is 98.7 Å². The second-order valence-corrected chi connectivity index (χ2v) is 7.51. The Hall–Kier alpha value is -1.79. The van der Waals surface area contributed by atoms with Crippen LogP contribution in [0.2, 0.25) is 0 Å². The molecule has 3 unspecified atom stereocenters. The second-order valence-electron chi connectivity index (χ2n) is 7.51. The zero-order valence-corrected chi connectivity index (χ0v) is 15.9. The average Bonchev–Trinajstić information content (AvgIpc) is 2.56. The van der Waals surface area contributed by atoms with Crippen molar-refractivity contribution in [2.75, 3.05) is 19.6 Å². The van der Waals surface area contributed by atoms with Gasteiger partial charge in [-0.05, 0) is 30.6 Å². The van der Waals surface area contributed by atoms with Gasteiger partial charge in [-0.2, -0.15) is 0 Å². The summed E-state index contributed by atoms with van der Waals surface area (Å²) in [6, 6.07) is -0.937. The first-order chi connectivity index (χ1) is 11.7. The third-order valence-electron chi connectivity index (χ3n) is 4.74. The molecule has 0 saturated carbocycles. The lowest BCUT2D eigenvalue weighted by molar-refractivity contribution is -0.143. The molecule has 0 radical (unpaired) electrons. The molecule has 3 atom stereocenters. The minimum absolute atomic E-state index is 0.0740. The summed E-state index contributed by atoms with van der Waals surface area (Å²) in [4.78, 5) is 37.5. The lowest BCUT2D eigenvalue weighted by Gasteiger charge is -2.33. The molecule has 1 heterocycles. The van der Waals surface area contributed by atoms with Crippen LogP contribution in [0.3, 0.4) is 0 Å². The number of hydrogen-bond donors (Lipinski definition) is 3. The number of urea groups is 1. The van der Waals surface area contributed by atoms with Gasteiger partial charge in [0.1, 0.15) is 6.04 Å². The third-order valence-corrected chi connectivity index (χ3v) is 4.74. The number of aliphatic carboxylic acids is 1. The van der Waals surface area contributed by atoms with Crippen LogP contribution < -0.4 is 10.6 Å². The number of carboxylic acids is 1. The van der Waals surface area contributed by atoms with Crippen molar-refractivity contribution in [1.82, 2.24) is 15.5 Å². The zero-order chi connectivity index (χ0) is 19.0. The average molecular weight is 355 g/mol. The Morgan fingerprint density at radius 2 is 1.92 bits per heavy atom. The van der Waals surface area contributed by atoms with E-state index in [0.29, 0.717) is 32.0 Å². The van der Waals surface area contributed by atoms with Crippen molar-refractivity contribution in [3.05, 3.63) is 0 Å². The van der Waals surface area contributed by atoms with Crippen LogP contribution in [0.25, 0.3) is 0 Å². The summed E-state index contributed by atoms with van der Waals surface area (Å²) in [7, 11) is 0. The fraction of sp³-hybridized carbons (Fsp3) is 0.833. The van der Waals surface area contributed by atoms with Gasteiger partial charge < -0.3 is 20.6 Å². The first-order valence-electron chi connectivity index (χ1n) is 9.29. The Kier molecular flexibility index (Phi) is 8.72. The van der Waals surface area contributed by atoms with Crippen LogP contribution >= 0.6 is 0 Å². The maximum absolute atomic E-state index is 12.2. The zero-order valence-electron chi connectivity index (χ0n) is 15.9. The summed E-state index contributed by atoms with van der Waals surface area (Å²) in [5.41, 5.74) is 0. The molecule has 144 valence electrons. The van der Waals surface area contributed by atoms with Crippen molar-refractivity contribution in [1.29, 1.82) is 0 Å². The fourth-order valence-corrected chi connectivity index (χ4v) is 3.00. The van der Waals surface area contributed by atoms with Gasteiger partial charge in [-0.3, -0.25) is 4.79 Å². The Balaban J connectivity index is 2.51. The molecule has 7 heteroatoms. The number of amides is 3. The molecule has 0 aromatic rings. The molecule has 25 heavy (non-hydrogen) atoms. The molecular formula is C18H33N3O4. The van der Waals surface area contributed by atoms with E-state index in [9.17, 15) is 19.5 Å². The van der Waals surface area contributed by atoms with E-state index in [1.165, 1.54) is 0 Å². The van der Waals surface area contributed by atoms with Crippen molar-refractivity contribution in [3.8, 4) is 0 Å². The molecule has 1 fully saturated rings. The Morgan fingerprint density at radius 1 is 1.24 bits per heavy atom. The van der Waals surface area contributed by atoms with Gasteiger partial charge in [-0.25, -0.2) is 9.59 Å². The highest BCUT2D eigenvalue weighted by Crippen LogP contribution is 2.20. The molecule has 0 spiro atoms. The monoisotopic (exact) mass is 355 g/mol. The molecule has 1 aliphatic rings. The Bertz CT molecular complexity index is 467. The predicted molar refractivity (Wildman–Crippen MR) is 96.2 cm³/mol. The lowest BCUT2D eigenvalue weighted by Crippen LogP contribution is -2.48. The van der Waals surface area contributed by atoms with Gasteiger partial charge in [0.05, 0.1) is 0 Å². The van der Waals surface area contributed by atoms with E-state index in [4.69, 9.17) is 0 Å². The van der Waals surface area contributed by atoms with Crippen molar-refractivity contribution in [2.24, 2.45) is 17.8 Å². The highest BCUT2D eigenvalue weighted by atomic mass is 16.4. The summed E-state index contributed by atoms with van der Waals surface area (Å²) in [6.45, 7) is 9.68. The van der Waals surface area contributed by atoms with E-state index in [-0.39, 0.29) is 30.2 Å². The number of piperidine rings is 1. The van der Waals surface area contributed by atoms with Gasteiger partial charge in [0.15, 0.2) is 0 Å². The molecule has 0 aliphatic carbocycles. The van der Waals surface area contributed by atoms with Gasteiger partial charge in [-0.1, -0.05) is 34.1 Å². The summed E-state index contributed by atoms with van der Waals surface area (Å²) in [5.74, 6) is -0.900. The Morgan fingerprint density at radius 3 is 2.48 bits per heavy atom. The highest BCUT2D eigenvalue weighted by Gasteiger charge is 2.29. The fourth-order valence-electron chi connectivity index (χ4n) is 3.00. The standard InChI is InChI=1S/C18H33N3O4/c1-5-13(4)16(17(23)24)20-15(22)9-14-7-6-8-21(11-14)18(25)19-10-12(2)3/h12-14,16H,5-11H2,1-4H3,(H,19,25)(H,20,22)(H,23,24). The van der Waals surface area contributed by atoms with Crippen LogP contribution in [-0.2, 0) is 9.59 Å². The van der Waals surface area contributed by atoms with Crippen molar-refractivity contribution >= 4 is 17.9 Å².